The first-order valence-corrected chi connectivity index (χ1v) is 4.13. The number of hydrogen-bond donors (Lipinski definition) is 2. The van der Waals surface area contributed by atoms with E-state index in [4.69, 9.17) is 14.9 Å². The van der Waals surface area contributed by atoms with Gasteiger partial charge < -0.3 is 14.9 Å². The molecule has 0 saturated carbocycles. The summed E-state index contributed by atoms with van der Waals surface area (Å²) in [6.45, 7) is -0.452. The van der Waals surface area contributed by atoms with Crippen LogP contribution in [0.15, 0.2) is 12.1 Å². The third-order valence-electron chi connectivity index (χ3n) is 2.01. The lowest BCUT2D eigenvalue weighted by molar-refractivity contribution is 0.112. The average Bonchev–Trinajstić information content (AvgIpc) is 2.26. The van der Waals surface area contributed by atoms with Crippen molar-refractivity contribution in [3.05, 3.63) is 28.8 Å². The smallest absolute Gasteiger partial charge is 0.150 e. The van der Waals surface area contributed by atoms with Crippen molar-refractivity contribution in [3.63, 3.8) is 0 Å². The minimum absolute atomic E-state index is 0.224. The van der Waals surface area contributed by atoms with Gasteiger partial charge in [0.25, 0.3) is 0 Å². The minimum Gasteiger partial charge on any atom is -0.496 e. The summed E-state index contributed by atoms with van der Waals surface area (Å²) in [6.07, 6.45) is 0.669. The molecule has 0 bridgehead atoms. The zero-order valence-electron chi connectivity index (χ0n) is 7.86. The van der Waals surface area contributed by atoms with Crippen LogP contribution in [-0.2, 0) is 13.2 Å². The molecule has 1 rings (SSSR count). The summed E-state index contributed by atoms with van der Waals surface area (Å²) in [5, 5.41) is 18.1. The van der Waals surface area contributed by atoms with Gasteiger partial charge in [0.05, 0.1) is 20.3 Å². The number of hydrogen-bond acceptors (Lipinski definition) is 4. The lowest BCUT2D eigenvalue weighted by atomic mass is 10.0. The topological polar surface area (TPSA) is 66.8 Å². The van der Waals surface area contributed by atoms with Gasteiger partial charge in [0.2, 0.25) is 0 Å². The van der Waals surface area contributed by atoms with Crippen LogP contribution < -0.4 is 4.74 Å². The average molecular weight is 196 g/mol. The zero-order chi connectivity index (χ0) is 10.6. The van der Waals surface area contributed by atoms with Crippen LogP contribution in [0.25, 0.3) is 0 Å². The second kappa shape index (κ2) is 4.74. The molecule has 1 aromatic rings. The molecule has 0 saturated heterocycles. The SMILES string of the molecule is COc1cc(C=O)cc(CO)c1CO. The Balaban J connectivity index is 3.31. The van der Waals surface area contributed by atoms with E-state index in [1.54, 1.807) is 0 Å². The highest BCUT2D eigenvalue weighted by atomic mass is 16.5. The number of carbonyl (C=O) groups is 1. The first-order chi connectivity index (χ1) is 6.76. The number of aliphatic hydroxyl groups is 2. The number of ether oxygens (including phenoxy) is 1. The number of aldehydes is 1. The largest absolute Gasteiger partial charge is 0.496 e. The van der Waals surface area contributed by atoms with E-state index in [0.29, 0.717) is 28.7 Å². The van der Waals surface area contributed by atoms with Crippen molar-refractivity contribution < 1.29 is 19.7 Å². The number of methoxy groups -OCH3 is 1. The maximum atomic E-state index is 10.5. The molecular formula is C10H12O4. The highest BCUT2D eigenvalue weighted by Gasteiger charge is 2.09. The maximum Gasteiger partial charge on any atom is 0.150 e. The molecule has 4 nitrogen and oxygen atoms in total. The summed E-state index contributed by atoms with van der Waals surface area (Å²) in [6, 6.07) is 3.05. The van der Waals surface area contributed by atoms with Crippen LogP contribution in [-0.4, -0.2) is 23.6 Å². The number of carbonyl (C=O) groups excluding carboxylic acids is 1. The molecule has 0 atom stereocenters. The molecule has 0 aromatic heterocycles. The van der Waals surface area contributed by atoms with Crippen LogP contribution >= 0.6 is 0 Å². The predicted octanol–water partition coefficient (Wildman–Crippen LogP) is 0.492. The number of aliphatic hydroxyl groups excluding tert-OH is 2. The Hall–Kier alpha value is -1.39. The monoisotopic (exact) mass is 196 g/mol. The first kappa shape index (κ1) is 10.7. The van der Waals surface area contributed by atoms with Crippen LogP contribution in [0, 0.1) is 0 Å². The number of benzene rings is 1. The molecule has 0 aliphatic rings. The molecule has 0 amide bonds. The Kier molecular flexibility index (Phi) is 3.62. The van der Waals surface area contributed by atoms with E-state index in [1.807, 2.05) is 0 Å². The van der Waals surface area contributed by atoms with Crippen LogP contribution in [0.2, 0.25) is 0 Å². The summed E-state index contributed by atoms with van der Waals surface area (Å²) in [4.78, 5) is 10.5. The summed E-state index contributed by atoms with van der Waals surface area (Å²) in [5.74, 6) is 0.418. The molecule has 14 heavy (non-hydrogen) atoms. The van der Waals surface area contributed by atoms with E-state index in [2.05, 4.69) is 0 Å². The van der Waals surface area contributed by atoms with Crippen molar-refractivity contribution >= 4 is 6.29 Å². The molecule has 0 fully saturated rings. The third kappa shape index (κ3) is 1.92. The Bertz CT molecular complexity index is 308. The Morgan fingerprint density at radius 1 is 1.36 bits per heavy atom. The van der Waals surface area contributed by atoms with E-state index in [0.717, 1.165) is 0 Å². The van der Waals surface area contributed by atoms with Gasteiger partial charge in [-0.2, -0.15) is 0 Å². The van der Waals surface area contributed by atoms with Crippen molar-refractivity contribution in [2.45, 2.75) is 13.2 Å². The van der Waals surface area contributed by atoms with Crippen molar-refractivity contribution in [1.82, 2.24) is 0 Å². The van der Waals surface area contributed by atoms with Gasteiger partial charge in [-0.05, 0) is 17.7 Å². The second-order valence-corrected chi connectivity index (χ2v) is 2.79. The quantitative estimate of drug-likeness (QED) is 0.688. The van der Waals surface area contributed by atoms with E-state index in [-0.39, 0.29) is 13.2 Å². The van der Waals surface area contributed by atoms with Crippen molar-refractivity contribution in [3.8, 4) is 5.75 Å². The zero-order valence-corrected chi connectivity index (χ0v) is 7.86. The van der Waals surface area contributed by atoms with Crippen molar-refractivity contribution in [1.29, 1.82) is 0 Å². The summed E-state index contributed by atoms with van der Waals surface area (Å²) >= 11 is 0. The molecule has 0 heterocycles. The molecule has 76 valence electrons. The van der Waals surface area contributed by atoms with Gasteiger partial charge in [-0.1, -0.05) is 0 Å². The number of rotatable bonds is 4. The summed E-state index contributed by atoms with van der Waals surface area (Å²) in [7, 11) is 1.45. The molecule has 0 aliphatic carbocycles. The highest BCUT2D eigenvalue weighted by molar-refractivity contribution is 5.76. The van der Waals surface area contributed by atoms with E-state index in [9.17, 15) is 4.79 Å². The standard InChI is InChI=1S/C10H12O4/c1-14-10-3-7(4-11)2-8(5-12)9(10)6-13/h2-4,12-13H,5-6H2,1H3. The van der Waals surface area contributed by atoms with Gasteiger partial charge in [-0.3, -0.25) is 4.79 Å². The van der Waals surface area contributed by atoms with Gasteiger partial charge in [0.15, 0.2) is 0 Å². The normalized spacial score (nSPS) is 9.93. The summed E-state index contributed by atoms with van der Waals surface area (Å²) < 4.78 is 4.99. The molecule has 0 spiro atoms. The van der Waals surface area contributed by atoms with Crippen molar-refractivity contribution in [2.24, 2.45) is 0 Å². The van der Waals surface area contributed by atoms with Gasteiger partial charge in [-0.15, -0.1) is 0 Å². The molecule has 0 unspecified atom stereocenters. The lowest BCUT2D eigenvalue weighted by Gasteiger charge is -2.11. The van der Waals surface area contributed by atoms with Gasteiger partial charge in [0, 0.05) is 11.1 Å². The molecular weight excluding hydrogens is 184 g/mol. The molecule has 0 radical (unpaired) electrons. The van der Waals surface area contributed by atoms with Gasteiger partial charge >= 0.3 is 0 Å². The predicted molar refractivity (Wildman–Crippen MR) is 50.2 cm³/mol. The van der Waals surface area contributed by atoms with Gasteiger partial charge in [0.1, 0.15) is 12.0 Å². The maximum absolute atomic E-state index is 10.5. The minimum atomic E-state index is -0.228. The van der Waals surface area contributed by atoms with Crippen LogP contribution in [0.3, 0.4) is 0 Å². The highest BCUT2D eigenvalue weighted by Crippen LogP contribution is 2.24. The fourth-order valence-corrected chi connectivity index (χ4v) is 1.30. The fourth-order valence-electron chi connectivity index (χ4n) is 1.30. The molecule has 4 heteroatoms. The third-order valence-corrected chi connectivity index (χ3v) is 2.01. The Labute approximate surface area is 81.8 Å². The van der Waals surface area contributed by atoms with E-state index < -0.39 is 0 Å². The Morgan fingerprint density at radius 3 is 2.50 bits per heavy atom. The van der Waals surface area contributed by atoms with Crippen molar-refractivity contribution in [2.75, 3.05) is 7.11 Å². The van der Waals surface area contributed by atoms with Gasteiger partial charge in [-0.25, -0.2) is 0 Å². The molecule has 1 aromatic carbocycles. The second-order valence-electron chi connectivity index (χ2n) is 2.79. The lowest BCUT2D eigenvalue weighted by Crippen LogP contribution is -2.00. The first-order valence-electron chi connectivity index (χ1n) is 4.13. The molecule has 0 aliphatic heterocycles. The summed E-state index contributed by atoms with van der Waals surface area (Å²) in [5.41, 5.74) is 1.44. The van der Waals surface area contributed by atoms with Crippen LogP contribution in [0.5, 0.6) is 5.75 Å². The van der Waals surface area contributed by atoms with E-state index >= 15 is 0 Å². The Morgan fingerprint density at radius 2 is 2.07 bits per heavy atom. The van der Waals surface area contributed by atoms with Crippen LogP contribution in [0.1, 0.15) is 21.5 Å². The van der Waals surface area contributed by atoms with Crippen LogP contribution in [0.4, 0.5) is 0 Å². The fraction of sp³-hybridized carbons (Fsp3) is 0.300. The molecule has 2 N–H and O–H groups in total. The van der Waals surface area contributed by atoms with E-state index in [1.165, 1.54) is 19.2 Å².